The molecule has 2 N–H and O–H groups in total. The molecule has 1 rings (SSSR count). The van der Waals surface area contributed by atoms with Crippen LogP contribution < -0.4 is 5.32 Å². The molecule has 0 aliphatic carbocycles. The molecule has 0 aromatic carbocycles. The quantitative estimate of drug-likeness (QED) is 0.799. The van der Waals surface area contributed by atoms with E-state index in [1.54, 1.807) is 0 Å². The highest BCUT2D eigenvalue weighted by molar-refractivity contribution is 4.98. The summed E-state index contributed by atoms with van der Waals surface area (Å²) < 4.78 is 6.01. The first-order valence-electron chi connectivity index (χ1n) is 6.56. The van der Waals surface area contributed by atoms with E-state index in [2.05, 4.69) is 53.8 Å². The van der Waals surface area contributed by atoms with Gasteiger partial charge in [0.05, 0.1) is 17.3 Å². The first-order chi connectivity index (χ1) is 7.43. The molecule has 1 heterocycles. The highest BCUT2D eigenvalue weighted by Gasteiger charge is 2.48. The standard InChI is InChI=1S/C14H29NO2/c1-12(2,3)15-9-11(16)10-8-13(4,5)17-14(10,6)7/h10-11,15-16H,8-9H2,1-7H3. The Morgan fingerprint density at radius 3 is 2.18 bits per heavy atom. The van der Waals surface area contributed by atoms with Gasteiger partial charge in [-0.25, -0.2) is 0 Å². The van der Waals surface area contributed by atoms with Crippen LogP contribution in [0.1, 0.15) is 54.9 Å². The zero-order valence-corrected chi connectivity index (χ0v) is 12.4. The molecular weight excluding hydrogens is 214 g/mol. The Morgan fingerprint density at radius 1 is 1.29 bits per heavy atom. The largest absolute Gasteiger partial charge is 0.391 e. The van der Waals surface area contributed by atoms with Gasteiger partial charge in [0, 0.05) is 18.0 Å². The van der Waals surface area contributed by atoms with Gasteiger partial charge < -0.3 is 15.2 Å². The van der Waals surface area contributed by atoms with E-state index >= 15 is 0 Å². The summed E-state index contributed by atoms with van der Waals surface area (Å²) in [5.74, 6) is 0.187. The van der Waals surface area contributed by atoms with E-state index < -0.39 is 0 Å². The number of rotatable bonds is 3. The third-order valence-corrected chi connectivity index (χ3v) is 3.45. The van der Waals surface area contributed by atoms with Crippen LogP contribution in [0.2, 0.25) is 0 Å². The van der Waals surface area contributed by atoms with E-state index in [0.717, 1.165) is 6.42 Å². The van der Waals surface area contributed by atoms with Crippen molar-refractivity contribution in [3.8, 4) is 0 Å². The Kier molecular flexibility index (Phi) is 3.98. The number of aliphatic hydroxyl groups is 1. The van der Waals surface area contributed by atoms with Crippen molar-refractivity contribution in [2.45, 2.75) is 77.7 Å². The molecule has 17 heavy (non-hydrogen) atoms. The van der Waals surface area contributed by atoms with E-state index in [-0.39, 0.29) is 28.8 Å². The Hall–Kier alpha value is -0.120. The van der Waals surface area contributed by atoms with Crippen molar-refractivity contribution in [1.82, 2.24) is 5.32 Å². The normalized spacial score (nSPS) is 29.3. The van der Waals surface area contributed by atoms with Crippen molar-refractivity contribution in [2.75, 3.05) is 6.54 Å². The van der Waals surface area contributed by atoms with Crippen LogP contribution in [0, 0.1) is 5.92 Å². The van der Waals surface area contributed by atoms with Crippen molar-refractivity contribution in [2.24, 2.45) is 5.92 Å². The summed E-state index contributed by atoms with van der Waals surface area (Å²) in [5, 5.41) is 13.7. The fraction of sp³-hybridized carbons (Fsp3) is 1.00. The molecule has 3 heteroatoms. The van der Waals surface area contributed by atoms with Crippen molar-refractivity contribution in [3.63, 3.8) is 0 Å². The molecule has 1 aliphatic rings. The summed E-state index contributed by atoms with van der Waals surface area (Å²) in [7, 11) is 0. The maximum Gasteiger partial charge on any atom is 0.0721 e. The fourth-order valence-corrected chi connectivity index (χ4v) is 2.76. The molecule has 1 fully saturated rings. The lowest BCUT2D eigenvalue weighted by molar-refractivity contribution is -0.0875. The van der Waals surface area contributed by atoms with Crippen LogP contribution in [0.4, 0.5) is 0 Å². The van der Waals surface area contributed by atoms with E-state index in [1.165, 1.54) is 0 Å². The fourth-order valence-electron chi connectivity index (χ4n) is 2.76. The molecular formula is C14H29NO2. The average Bonchev–Trinajstić information content (AvgIpc) is 2.29. The minimum absolute atomic E-state index is 0.0418. The van der Waals surface area contributed by atoms with Gasteiger partial charge in [-0.2, -0.15) is 0 Å². The van der Waals surface area contributed by atoms with E-state index in [0.29, 0.717) is 6.54 Å². The summed E-state index contributed by atoms with van der Waals surface area (Å²) in [6, 6.07) is 0. The molecule has 0 radical (unpaired) electrons. The lowest BCUT2D eigenvalue weighted by Gasteiger charge is -2.32. The molecule has 0 aromatic heterocycles. The second kappa shape index (κ2) is 4.52. The summed E-state index contributed by atoms with van der Waals surface area (Å²) in [4.78, 5) is 0. The second-order valence-electron chi connectivity index (χ2n) is 7.47. The smallest absolute Gasteiger partial charge is 0.0721 e. The van der Waals surface area contributed by atoms with Gasteiger partial charge in [0.25, 0.3) is 0 Å². The van der Waals surface area contributed by atoms with Gasteiger partial charge >= 0.3 is 0 Å². The van der Waals surface area contributed by atoms with Gasteiger partial charge in [0.2, 0.25) is 0 Å². The van der Waals surface area contributed by atoms with Gasteiger partial charge in [-0.05, 0) is 54.9 Å². The third kappa shape index (κ3) is 4.23. The minimum Gasteiger partial charge on any atom is -0.391 e. The molecule has 2 unspecified atom stereocenters. The topological polar surface area (TPSA) is 41.5 Å². The molecule has 2 atom stereocenters. The van der Waals surface area contributed by atoms with Crippen LogP contribution in [0.3, 0.4) is 0 Å². The van der Waals surface area contributed by atoms with E-state index in [9.17, 15) is 5.11 Å². The summed E-state index contributed by atoms with van der Waals surface area (Å²) in [5.41, 5.74) is -0.334. The number of nitrogens with one attached hydrogen (secondary N) is 1. The molecule has 0 aromatic rings. The Balaban J connectivity index is 2.61. The Morgan fingerprint density at radius 2 is 1.82 bits per heavy atom. The van der Waals surface area contributed by atoms with Crippen LogP contribution in [-0.4, -0.2) is 34.5 Å². The zero-order chi connectivity index (χ0) is 13.5. The molecule has 0 spiro atoms. The molecule has 0 saturated carbocycles. The number of ether oxygens (including phenoxy) is 1. The van der Waals surface area contributed by atoms with Gasteiger partial charge in [-0.15, -0.1) is 0 Å². The predicted octanol–water partition coefficient (Wildman–Crippen LogP) is 2.33. The van der Waals surface area contributed by atoms with Gasteiger partial charge in [0.1, 0.15) is 0 Å². The van der Waals surface area contributed by atoms with E-state index in [4.69, 9.17) is 4.74 Å². The summed E-state index contributed by atoms with van der Waals surface area (Å²) in [6.45, 7) is 15.3. The number of hydrogen-bond donors (Lipinski definition) is 2. The number of aliphatic hydroxyl groups excluding tert-OH is 1. The van der Waals surface area contributed by atoms with Crippen LogP contribution in [-0.2, 0) is 4.74 Å². The maximum atomic E-state index is 10.3. The van der Waals surface area contributed by atoms with Crippen LogP contribution in [0.25, 0.3) is 0 Å². The lowest BCUT2D eigenvalue weighted by atomic mass is 9.83. The van der Waals surface area contributed by atoms with Gasteiger partial charge in [0.15, 0.2) is 0 Å². The molecule has 3 nitrogen and oxygen atoms in total. The van der Waals surface area contributed by atoms with Gasteiger partial charge in [-0.3, -0.25) is 0 Å². The van der Waals surface area contributed by atoms with Crippen molar-refractivity contribution >= 4 is 0 Å². The van der Waals surface area contributed by atoms with Crippen LogP contribution in [0.5, 0.6) is 0 Å². The van der Waals surface area contributed by atoms with Gasteiger partial charge in [-0.1, -0.05) is 0 Å². The van der Waals surface area contributed by atoms with Crippen molar-refractivity contribution < 1.29 is 9.84 Å². The zero-order valence-electron chi connectivity index (χ0n) is 12.4. The highest BCUT2D eigenvalue weighted by atomic mass is 16.5. The summed E-state index contributed by atoms with van der Waals surface area (Å²) >= 11 is 0. The molecule has 0 bridgehead atoms. The second-order valence-corrected chi connectivity index (χ2v) is 7.47. The molecule has 1 aliphatic heterocycles. The first kappa shape index (κ1) is 14.9. The number of β-amino-alcohol motifs (C(OH)–C–C–N with tert-alkyl or cyclic N) is 1. The minimum atomic E-state index is -0.356. The molecule has 102 valence electrons. The SMILES string of the molecule is CC(C)(C)NCC(O)C1CC(C)(C)OC1(C)C. The third-order valence-electron chi connectivity index (χ3n) is 3.45. The van der Waals surface area contributed by atoms with Crippen LogP contribution in [0.15, 0.2) is 0 Å². The lowest BCUT2D eigenvalue weighted by Crippen LogP contribution is -2.46. The predicted molar refractivity (Wildman–Crippen MR) is 71.1 cm³/mol. The molecule has 0 amide bonds. The summed E-state index contributed by atoms with van der Waals surface area (Å²) in [6.07, 6.45) is 0.554. The van der Waals surface area contributed by atoms with Crippen molar-refractivity contribution in [3.05, 3.63) is 0 Å². The molecule has 1 saturated heterocycles. The maximum absolute atomic E-state index is 10.3. The first-order valence-corrected chi connectivity index (χ1v) is 6.56. The average molecular weight is 243 g/mol. The van der Waals surface area contributed by atoms with E-state index in [1.807, 2.05) is 0 Å². The Bertz CT molecular complexity index is 266. The van der Waals surface area contributed by atoms with Crippen LogP contribution >= 0.6 is 0 Å². The van der Waals surface area contributed by atoms with Crippen molar-refractivity contribution in [1.29, 1.82) is 0 Å². The highest BCUT2D eigenvalue weighted by Crippen LogP contribution is 2.43. The monoisotopic (exact) mass is 243 g/mol. The Labute approximate surface area is 106 Å². The number of hydrogen-bond acceptors (Lipinski definition) is 3.